The molecule has 2 amide bonds. The lowest BCUT2D eigenvalue weighted by molar-refractivity contribution is -0.141. The molecule has 6 aliphatic rings. The minimum absolute atomic E-state index is 0.0259. The van der Waals surface area contributed by atoms with Gasteiger partial charge < -0.3 is 5.73 Å². The molecule has 58 heavy (non-hydrogen) atoms. The molecule has 4 aliphatic carbocycles. The maximum Gasteiger partial charge on any atom is 0.261 e. The van der Waals surface area contributed by atoms with Crippen molar-refractivity contribution in [2.45, 2.75) is 144 Å². The second kappa shape index (κ2) is 14.2. The number of nitrogens with two attached hydrogens (primary N) is 1. The first-order valence-electron chi connectivity index (χ1n) is 21.6. The van der Waals surface area contributed by atoms with Gasteiger partial charge in [0.05, 0.1) is 13.1 Å². The number of halogens is 3. The van der Waals surface area contributed by atoms with E-state index in [0.717, 1.165) is 54.1 Å². The Morgan fingerprint density at radius 1 is 0.672 bits per heavy atom. The number of carbonyl (C=O) groups excluding carboxylic acids is 2. The highest BCUT2D eigenvalue weighted by atomic mass is 79.9. The van der Waals surface area contributed by atoms with Crippen molar-refractivity contribution >= 4 is 45.1 Å². The first-order chi connectivity index (χ1) is 26.8. The van der Waals surface area contributed by atoms with E-state index in [0.29, 0.717) is 52.9 Å². The summed E-state index contributed by atoms with van der Waals surface area (Å²) in [6.07, 6.45) is 5.54. The first-order valence-corrected chi connectivity index (χ1v) is 22.4. The van der Waals surface area contributed by atoms with Crippen molar-refractivity contribution in [1.29, 1.82) is 0 Å². The summed E-state index contributed by atoms with van der Waals surface area (Å²) in [4.78, 5) is 41.5. The Morgan fingerprint density at radius 2 is 1.03 bits per heavy atom. The fourth-order valence-electron chi connectivity index (χ4n) is 12.6. The molecule has 0 radical (unpaired) electrons. The Balaban J connectivity index is 0.000000177. The molecule has 2 aromatic rings. The predicted octanol–water partition coefficient (Wildman–Crippen LogP) is 10.6. The van der Waals surface area contributed by atoms with Crippen LogP contribution in [0.25, 0.3) is 0 Å². The van der Waals surface area contributed by atoms with Gasteiger partial charge in [-0.05, 0) is 162 Å². The van der Waals surface area contributed by atoms with Crippen LogP contribution in [0.1, 0.15) is 131 Å². The summed E-state index contributed by atoms with van der Waals surface area (Å²) in [7, 11) is 0. The van der Waals surface area contributed by atoms with E-state index in [-0.39, 0.29) is 35.7 Å². The minimum Gasteiger partial charge on any atom is -0.399 e. The lowest BCUT2D eigenvalue weighted by Gasteiger charge is -2.50. The van der Waals surface area contributed by atoms with Gasteiger partial charge in [0.1, 0.15) is 23.0 Å². The lowest BCUT2D eigenvalue weighted by Crippen LogP contribution is -2.54. The fraction of sp³-hybridized carbons (Fsp3) is 0.667. The van der Waals surface area contributed by atoms with Crippen molar-refractivity contribution < 1.29 is 18.4 Å². The third-order valence-corrected chi connectivity index (χ3v) is 16.1. The molecule has 2 fully saturated rings. The highest BCUT2D eigenvalue weighted by molar-refractivity contribution is 9.10. The van der Waals surface area contributed by atoms with E-state index in [9.17, 15) is 18.4 Å². The zero-order valence-corrected chi connectivity index (χ0v) is 38.5. The number of amides is 2. The normalized spacial score (nSPS) is 36.8. The molecular weight excluding hydrogens is 796 g/mol. The number of benzene rings is 2. The smallest absolute Gasteiger partial charge is 0.261 e. The van der Waals surface area contributed by atoms with Gasteiger partial charge in [-0.2, -0.15) is 0 Å². The van der Waals surface area contributed by atoms with Crippen molar-refractivity contribution in [3.8, 4) is 0 Å². The van der Waals surface area contributed by atoms with Crippen LogP contribution in [-0.2, 0) is 33.5 Å². The lowest BCUT2D eigenvalue weighted by atomic mass is 9.55. The topological polar surface area (TPSA) is 91.4 Å². The van der Waals surface area contributed by atoms with Gasteiger partial charge in [0.2, 0.25) is 0 Å². The Labute approximate surface area is 354 Å². The standard InChI is InChI=1S/C24H32BrFN2O.C24H34FN3O/c1-14-10-23(11-15(2)16(14)3)12-18-7-8-19(25)9-20(18)24(23)21(29)28(17(4)27-24)13-22(5,6)26;1-14-10-23(11-15(2)16(14)3)12-18-7-8-19(26)9-20(18)24(23)21(29)28(17(4)27-24)13-22(5,6)25/h7-9,14-16H,10-13H2,1-6H3;7-9,14-16H,10-13,26H2,1-6H3/t2*14-,15+,16?,23?,24-/m11/s1. The molecule has 2 aromatic carbocycles. The Bertz CT molecular complexity index is 1900. The summed E-state index contributed by atoms with van der Waals surface area (Å²) in [5, 5.41) is 0. The third-order valence-electron chi connectivity index (χ3n) is 15.6. The monoisotopic (exact) mass is 861 g/mol. The number of rotatable bonds is 4. The SMILES string of the molecule is CC1=N[C@@]2(C(=O)N1CC(C)(C)F)c1cc(Br)ccc1CC21C[C@@H](C)C(C)[C@@H](C)C1.CC1=N[C@@]2(C(=O)N1CC(C)(C)F)c1cc(N)ccc1CC21C[C@@H](C)C(C)[C@@H](C)C1. The number of nitrogen functional groups attached to an aromatic ring is 1. The minimum atomic E-state index is -1.48. The number of aliphatic imine (C=N–C) groups is 2. The number of fused-ring (bicyclic) bond motifs is 6. The number of carbonyl (C=O) groups is 2. The van der Waals surface area contributed by atoms with E-state index in [1.165, 1.54) is 38.8 Å². The van der Waals surface area contributed by atoms with Crippen LogP contribution in [-0.4, -0.2) is 57.7 Å². The van der Waals surface area contributed by atoms with Crippen LogP contribution in [0.15, 0.2) is 50.9 Å². The summed E-state index contributed by atoms with van der Waals surface area (Å²) in [5.41, 5.74) is 5.78. The number of nitrogens with zero attached hydrogens (tertiary/aromatic N) is 4. The van der Waals surface area contributed by atoms with E-state index < -0.39 is 22.4 Å². The van der Waals surface area contributed by atoms with E-state index in [4.69, 9.17) is 15.7 Å². The predicted molar refractivity (Wildman–Crippen MR) is 234 cm³/mol. The maximum atomic E-state index is 14.6. The number of anilines is 1. The van der Waals surface area contributed by atoms with E-state index >= 15 is 0 Å². The number of amidine groups is 2. The molecule has 10 atom stereocenters. The highest BCUT2D eigenvalue weighted by Crippen LogP contribution is 2.66. The molecule has 7 nitrogen and oxygen atoms in total. The van der Waals surface area contributed by atoms with Crippen LogP contribution in [0.3, 0.4) is 0 Å². The summed E-state index contributed by atoms with van der Waals surface area (Å²) >= 11 is 3.61. The molecule has 2 aliphatic heterocycles. The molecule has 2 heterocycles. The first kappa shape index (κ1) is 43.0. The van der Waals surface area contributed by atoms with Crippen LogP contribution in [0, 0.1) is 46.3 Å². The summed E-state index contributed by atoms with van der Waals surface area (Å²) in [5.74, 6) is 4.41. The van der Waals surface area contributed by atoms with Crippen LogP contribution < -0.4 is 5.73 Å². The second-order valence-electron chi connectivity index (χ2n) is 21.0. The van der Waals surface area contributed by atoms with Crippen LogP contribution in [0.2, 0.25) is 0 Å². The molecular formula is C48H66BrF2N5O2. The van der Waals surface area contributed by atoms with Gasteiger partial charge in [-0.1, -0.05) is 69.6 Å². The van der Waals surface area contributed by atoms with Gasteiger partial charge in [0.15, 0.2) is 11.1 Å². The van der Waals surface area contributed by atoms with Crippen molar-refractivity contribution in [2.75, 3.05) is 18.8 Å². The quantitative estimate of drug-likeness (QED) is 0.311. The summed E-state index contributed by atoms with van der Waals surface area (Å²) in [6, 6.07) is 12.2. The zero-order chi connectivity index (χ0) is 42.7. The average molecular weight is 863 g/mol. The molecule has 0 saturated heterocycles. The largest absolute Gasteiger partial charge is 0.399 e. The van der Waals surface area contributed by atoms with Crippen LogP contribution in [0.4, 0.5) is 14.5 Å². The number of alkyl halides is 2. The van der Waals surface area contributed by atoms with Gasteiger partial charge in [0.25, 0.3) is 11.8 Å². The molecule has 10 heteroatoms. The van der Waals surface area contributed by atoms with Gasteiger partial charge in [-0.15, -0.1) is 0 Å². The van der Waals surface area contributed by atoms with Crippen molar-refractivity contribution in [3.63, 3.8) is 0 Å². The third kappa shape index (κ3) is 6.59. The molecule has 4 spiro atoms. The zero-order valence-electron chi connectivity index (χ0n) is 36.9. The molecule has 316 valence electrons. The fourth-order valence-corrected chi connectivity index (χ4v) is 13.0. The van der Waals surface area contributed by atoms with Crippen molar-refractivity contribution in [3.05, 3.63) is 63.1 Å². The summed E-state index contributed by atoms with van der Waals surface area (Å²) in [6.45, 7) is 23.7. The van der Waals surface area contributed by atoms with Crippen molar-refractivity contribution in [1.82, 2.24) is 9.80 Å². The van der Waals surface area contributed by atoms with Gasteiger partial charge in [0, 0.05) is 21.0 Å². The van der Waals surface area contributed by atoms with E-state index in [1.807, 2.05) is 26.0 Å². The average Bonchev–Trinajstić information content (AvgIpc) is 3.70. The Kier molecular flexibility index (Phi) is 10.5. The molecule has 0 bridgehead atoms. The van der Waals surface area contributed by atoms with Gasteiger partial charge >= 0.3 is 0 Å². The van der Waals surface area contributed by atoms with E-state index in [2.05, 4.69) is 81.7 Å². The second-order valence-corrected chi connectivity index (χ2v) is 22.0. The molecule has 4 unspecified atom stereocenters. The molecule has 2 N–H and O–H groups in total. The number of hydrogen-bond donors (Lipinski definition) is 1. The maximum absolute atomic E-state index is 14.6. The summed E-state index contributed by atoms with van der Waals surface area (Å²) < 4.78 is 30.1. The van der Waals surface area contributed by atoms with Crippen LogP contribution >= 0.6 is 15.9 Å². The highest BCUT2D eigenvalue weighted by Gasteiger charge is 2.69. The van der Waals surface area contributed by atoms with Gasteiger partial charge in [-0.25, -0.2) is 8.78 Å². The Morgan fingerprint density at radius 3 is 1.41 bits per heavy atom. The molecule has 8 rings (SSSR count). The van der Waals surface area contributed by atoms with Crippen LogP contribution in [0.5, 0.6) is 0 Å². The van der Waals surface area contributed by atoms with E-state index in [1.54, 1.807) is 9.80 Å². The molecule has 0 aromatic heterocycles. The Hall–Kier alpha value is -3.14. The van der Waals surface area contributed by atoms with Crippen molar-refractivity contribution in [2.24, 2.45) is 56.3 Å². The number of hydrogen-bond acceptors (Lipinski definition) is 5. The molecule has 2 saturated carbocycles. The van der Waals surface area contributed by atoms with Gasteiger partial charge in [-0.3, -0.25) is 29.4 Å².